The average Bonchev–Trinajstić information content (AvgIpc) is 2.61. The van der Waals surface area contributed by atoms with Gasteiger partial charge in [-0.1, -0.05) is 30.7 Å². The Kier molecular flexibility index (Phi) is 6.94. The standard InChI is InChI=1S/C19H22ClNO3/c1-3-15-4-8-17(9-5-15)23-13-12-21-19(22)14(2)24-18-10-6-16(20)7-11-18/h4-11,14H,3,12-13H2,1-2H3,(H,21,22)/t14-/m0/s1. The van der Waals surface area contributed by atoms with Gasteiger partial charge < -0.3 is 14.8 Å². The highest BCUT2D eigenvalue weighted by Crippen LogP contribution is 2.16. The van der Waals surface area contributed by atoms with E-state index in [1.165, 1.54) is 5.56 Å². The molecule has 128 valence electrons. The number of hydrogen-bond acceptors (Lipinski definition) is 3. The summed E-state index contributed by atoms with van der Waals surface area (Å²) in [4.78, 5) is 12.0. The van der Waals surface area contributed by atoms with Gasteiger partial charge in [0, 0.05) is 5.02 Å². The molecule has 2 rings (SSSR count). The third kappa shape index (κ3) is 5.78. The van der Waals surface area contributed by atoms with E-state index in [4.69, 9.17) is 21.1 Å². The molecule has 0 spiro atoms. The first-order chi connectivity index (χ1) is 11.6. The second-order valence-electron chi connectivity index (χ2n) is 5.35. The molecule has 0 fully saturated rings. The van der Waals surface area contributed by atoms with E-state index in [0.29, 0.717) is 23.9 Å². The van der Waals surface area contributed by atoms with E-state index < -0.39 is 6.10 Å². The predicted octanol–water partition coefficient (Wildman–Crippen LogP) is 3.86. The van der Waals surface area contributed by atoms with E-state index in [9.17, 15) is 4.79 Å². The number of nitrogens with one attached hydrogen (secondary N) is 1. The van der Waals surface area contributed by atoms with Crippen molar-refractivity contribution in [2.45, 2.75) is 26.4 Å². The van der Waals surface area contributed by atoms with Crippen molar-refractivity contribution < 1.29 is 14.3 Å². The molecule has 0 aliphatic carbocycles. The van der Waals surface area contributed by atoms with Crippen LogP contribution in [0.5, 0.6) is 11.5 Å². The minimum atomic E-state index is -0.588. The first kappa shape index (κ1) is 18.1. The molecule has 0 heterocycles. The van der Waals surface area contributed by atoms with Gasteiger partial charge in [0.1, 0.15) is 18.1 Å². The summed E-state index contributed by atoms with van der Waals surface area (Å²) in [7, 11) is 0. The second kappa shape index (κ2) is 9.18. The summed E-state index contributed by atoms with van der Waals surface area (Å²) in [5.41, 5.74) is 1.27. The summed E-state index contributed by atoms with van der Waals surface area (Å²) in [6.45, 7) is 4.64. The fourth-order valence-corrected chi connectivity index (χ4v) is 2.21. The lowest BCUT2D eigenvalue weighted by Crippen LogP contribution is -2.38. The Bertz CT molecular complexity index is 641. The number of carbonyl (C=O) groups excluding carboxylic acids is 1. The van der Waals surface area contributed by atoms with Crippen LogP contribution in [0.2, 0.25) is 5.02 Å². The van der Waals surface area contributed by atoms with Gasteiger partial charge in [0.05, 0.1) is 6.54 Å². The Morgan fingerprint density at radius 1 is 1.08 bits per heavy atom. The molecule has 0 aromatic heterocycles. The molecular formula is C19H22ClNO3. The summed E-state index contributed by atoms with van der Waals surface area (Å²) in [6, 6.07) is 14.9. The van der Waals surface area contributed by atoms with Crippen LogP contribution in [0.3, 0.4) is 0 Å². The molecule has 0 aliphatic heterocycles. The Hall–Kier alpha value is -2.20. The van der Waals surface area contributed by atoms with Gasteiger partial charge in [-0.05, 0) is 55.3 Å². The topological polar surface area (TPSA) is 47.6 Å². The molecule has 0 bridgehead atoms. The largest absolute Gasteiger partial charge is 0.492 e. The second-order valence-corrected chi connectivity index (χ2v) is 5.79. The zero-order valence-electron chi connectivity index (χ0n) is 13.9. The van der Waals surface area contributed by atoms with Gasteiger partial charge in [0.15, 0.2) is 6.10 Å². The molecule has 2 aromatic rings. The van der Waals surface area contributed by atoms with E-state index in [1.807, 2.05) is 24.3 Å². The monoisotopic (exact) mass is 347 g/mol. The van der Waals surface area contributed by atoms with Gasteiger partial charge in [0.25, 0.3) is 5.91 Å². The van der Waals surface area contributed by atoms with Gasteiger partial charge in [-0.2, -0.15) is 0 Å². The third-order valence-corrected chi connectivity index (χ3v) is 3.75. The Morgan fingerprint density at radius 2 is 1.71 bits per heavy atom. The number of halogens is 1. The van der Waals surface area contributed by atoms with Crippen molar-refractivity contribution in [3.63, 3.8) is 0 Å². The van der Waals surface area contributed by atoms with E-state index in [-0.39, 0.29) is 5.91 Å². The molecule has 0 radical (unpaired) electrons. The molecule has 0 saturated heterocycles. The first-order valence-electron chi connectivity index (χ1n) is 8.00. The summed E-state index contributed by atoms with van der Waals surface area (Å²) in [5, 5.41) is 3.42. The van der Waals surface area contributed by atoms with Crippen molar-refractivity contribution in [3.05, 3.63) is 59.1 Å². The molecule has 5 heteroatoms. The average molecular weight is 348 g/mol. The summed E-state index contributed by atoms with van der Waals surface area (Å²) >= 11 is 5.81. The van der Waals surface area contributed by atoms with E-state index >= 15 is 0 Å². The van der Waals surface area contributed by atoms with Crippen LogP contribution < -0.4 is 14.8 Å². The first-order valence-corrected chi connectivity index (χ1v) is 8.38. The fraction of sp³-hybridized carbons (Fsp3) is 0.316. The molecule has 1 N–H and O–H groups in total. The van der Waals surface area contributed by atoms with Gasteiger partial charge in [-0.3, -0.25) is 4.79 Å². The smallest absolute Gasteiger partial charge is 0.260 e. The maximum absolute atomic E-state index is 12.0. The molecule has 4 nitrogen and oxygen atoms in total. The van der Waals surface area contributed by atoms with Crippen LogP contribution in [0, 0.1) is 0 Å². The van der Waals surface area contributed by atoms with E-state index in [1.54, 1.807) is 31.2 Å². The molecule has 0 aliphatic rings. The van der Waals surface area contributed by atoms with Crippen molar-refractivity contribution in [1.29, 1.82) is 0 Å². The number of amides is 1. The van der Waals surface area contributed by atoms with Crippen LogP contribution >= 0.6 is 11.6 Å². The lowest BCUT2D eigenvalue weighted by Gasteiger charge is -2.15. The number of rotatable bonds is 8. The Morgan fingerprint density at radius 3 is 2.33 bits per heavy atom. The number of carbonyl (C=O) groups is 1. The number of hydrogen-bond donors (Lipinski definition) is 1. The van der Waals surface area contributed by atoms with Crippen molar-refractivity contribution in [2.75, 3.05) is 13.2 Å². The molecular weight excluding hydrogens is 326 g/mol. The van der Waals surface area contributed by atoms with Crippen LogP contribution in [-0.4, -0.2) is 25.2 Å². The highest BCUT2D eigenvalue weighted by atomic mass is 35.5. The normalized spacial score (nSPS) is 11.6. The van der Waals surface area contributed by atoms with Crippen LogP contribution in [0.4, 0.5) is 0 Å². The van der Waals surface area contributed by atoms with Crippen LogP contribution in [-0.2, 0) is 11.2 Å². The van der Waals surface area contributed by atoms with Crippen LogP contribution in [0.25, 0.3) is 0 Å². The maximum atomic E-state index is 12.0. The molecule has 2 aromatic carbocycles. The van der Waals surface area contributed by atoms with Crippen molar-refractivity contribution in [2.24, 2.45) is 0 Å². The maximum Gasteiger partial charge on any atom is 0.260 e. The Balaban J connectivity index is 1.69. The van der Waals surface area contributed by atoms with Gasteiger partial charge in [0.2, 0.25) is 0 Å². The lowest BCUT2D eigenvalue weighted by molar-refractivity contribution is -0.127. The van der Waals surface area contributed by atoms with E-state index in [2.05, 4.69) is 12.2 Å². The lowest BCUT2D eigenvalue weighted by atomic mass is 10.2. The highest BCUT2D eigenvalue weighted by molar-refractivity contribution is 6.30. The zero-order chi connectivity index (χ0) is 17.4. The zero-order valence-corrected chi connectivity index (χ0v) is 14.7. The van der Waals surface area contributed by atoms with Crippen molar-refractivity contribution >= 4 is 17.5 Å². The van der Waals surface area contributed by atoms with Crippen molar-refractivity contribution in [1.82, 2.24) is 5.32 Å². The van der Waals surface area contributed by atoms with Gasteiger partial charge in [-0.25, -0.2) is 0 Å². The van der Waals surface area contributed by atoms with Crippen LogP contribution in [0.15, 0.2) is 48.5 Å². The van der Waals surface area contributed by atoms with E-state index in [0.717, 1.165) is 12.2 Å². The SMILES string of the molecule is CCc1ccc(OCCNC(=O)[C@H](C)Oc2ccc(Cl)cc2)cc1. The number of aryl methyl sites for hydroxylation is 1. The molecule has 0 saturated carbocycles. The number of benzene rings is 2. The molecule has 1 atom stereocenters. The third-order valence-electron chi connectivity index (χ3n) is 3.50. The predicted molar refractivity (Wildman–Crippen MR) is 95.9 cm³/mol. The minimum Gasteiger partial charge on any atom is -0.492 e. The van der Waals surface area contributed by atoms with Gasteiger partial charge >= 0.3 is 0 Å². The fourth-order valence-electron chi connectivity index (χ4n) is 2.08. The van der Waals surface area contributed by atoms with Crippen molar-refractivity contribution in [3.8, 4) is 11.5 Å². The van der Waals surface area contributed by atoms with Crippen LogP contribution in [0.1, 0.15) is 19.4 Å². The summed E-state index contributed by atoms with van der Waals surface area (Å²) in [5.74, 6) is 1.22. The quantitative estimate of drug-likeness (QED) is 0.737. The minimum absolute atomic E-state index is 0.185. The summed E-state index contributed by atoms with van der Waals surface area (Å²) < 4.78 is 11.2. The number of ether oxygens (including phenoxy) is 2. The summed E-state index contributed by atoms with van der Waals surface area (Å²) in [6.07, 6.45) is 0.414. The highest BCUT2D eigenvalue weighted by Gasteiger charge is 2.13. The molecule has 24 heavy (non-hydrogen) atoms. The molecule has 1 amide bonds. The molecule has 0 unspecified atom stereocenters. The Labute approximate surface area is 147 Å². The van der Waals surface area contributed by atoms with Gasteiger partial charge in [-0.15, -0.1) is 0 Å².